The zero-order valence-corrected chi connectivity index (χ0v) is 12.6. The van der Waals surface area contributed by atoms with Gasteiger partial charge >= 0.3 is 5.97 Å². The normalized spacial score (nSPS) is 12.1. The zero-order valence-electron chi connectivity index (χ0n) is 11.9. The van der Waals surface area contributed by atoms with Gasteiger partial charge in [0.15, 0.2) is 11.9 Å². The Bertz CT molecular complexity index is 821. The molecule has 0 N–H and O–H groups in total. The van der Waals surface area contributed by atoms with E-state index in [9.17, 15) is 4.79 Å². The molecule has 0 fully saturated rings. The van der Waals surface area contributed by atoms with Crippen LogP contribution in [0.5, 0.6) is 0 Å². The Morgan fingerprint density at radius 3 is 2.45 bits per heavy atom. The molecule has 4 nitrogen and oxygen atoms in total. The van der Waals surface area contributed by atoms with Crippen LogP contribution in [0.4, 0.5) is 0 Å². The number of fused-ring (bicyclic) bond motifs is 1. The van der Waals surface area contributed by atoms with Crippen molar-refractivity contribution < 1.29 is 9.53 Å². The molecule has 0 amide bonds. The van der Waals surface area contributed by atoms with Gasteiger partial charge in [-0.05, 0) is 12.1 Å². The fraction of sp³-hybridized carbons (Fsp3) is 0.118. The number of benzene rings is 2. The lowest BCUT2D eigenvalue weighted by Gasteiger charge is -2.17. The molecule has 0 bridgehead atoms. The molecule has 2 aromatic carbocycles. The lowest BCUT2D eigenvalue weighted by atomic mass is 10.1. The van der Waals surface area contributed by atoms with Crippen LogP contribution in [-0.4, -0.2) is 15.9 Å². The van der Waals surface area contributed by atoms with Crippen LogP contribution in [0.1, 0.15) is 24.4 Å². The third kappa shape index (κ3) is 2.92. The number of esters is 1. The van der Waals surface area contributed by atoms with Crippen LogP contribution < -0.4 is 0 Å². The molecule has 3 aromatic rings. The Morgan fingerprint density at radius 1 is 1.05 bits per heavy atom. The number of carbonyl (C=O) groups excluding carboxylic acids is 1. The van der Waals surface area contributed by atoms with Gasteiger partial charge in [-0.15, -0.1) is 0 Å². The predicted octanol–water partition coefficient (Wildman–Crippen LogP) is 3.94. The molecule has 22 heavy (non-hydrogen) atoms. The van der Waals surface area contributed by atoms with Crippen molar-refractivity contribution in [2.75, 3.05) is 0 Å². The number of ether oxygens (including phenoxy) is 1. The molecule has 1 atom stereocenters. The first-order valence-electron chi connectivity index (χ1n) is 6.79. The number of nitrogens with zero attached hydrogens (tertiary/aromatic N) is 2. The van der Waals surface area contributed by atoms with Crippen LogP contribution in [0.25, 0.3) is 10.9 Å². The number of rotatable bonds is 3. The maximum atomic E-state index is 11.4. The molecule has 0 aliphatic carbocycles. The smallest absolute Gasteiger partial charge is 0.303 e. The van der Waals surface area contributed by atoms with Crippen LogP contribution >= 0.6 is 11.6 Å². The molecular formula is C17H13ClN2O2. The predicted molar refractivity (Wildman–Crippen MR) is 84.6 cm³/mol. The van der Waals surface area contributed by atoms with Gasteiger partial charge in [0.25, 0.3) is 0 Å². The van der Waals surface area contributed by atoms with Gasteiger partial charge in [-0.1, -0.05) is 54.1 Å². The van der Waals surface area contributed by atoms with Crippen molar-refractivity contribution in [2.45, 2.75) is 13.0 Å². The summed E-state index contributed by atoms with van der Waals surface area (Å²) in [5.74, 6) is -0.0353. The van der Waals surface area contributed by atoms with Crippen LogP contribution in [0, 0.1) is 0 Å². The van der Waals surface area contributed by atoms with Gasteiger partial charge in [-0.3, -0.25) is 4.79 Å². The van der Waals surface area contributed by atoms with Crippen LogP contribution in [0.3, 0.4) is 0 Å². The van der Waals surface area contributed by atoms with Gasteiger partial charge in [0, 0.05) is 17.9 Å². The molecular weight excluding hydrogens is 300 g/mol. The summed E-state index contributed by atoms with van der Waals surface area (Å²) in [5.41, 5.74) is 1.51. The molecule has 110 valence electrons. The van der Waals surface area contributed by atoms with Gasteiger partial charge in [0.2, 0.25) is 0 Å². The molecule has 0 unspecified atom stereocenters. The highest BCUT2D eigenvalue weighted by molar-refractivity contribution is 6.34. The van der Waals surface area contributed by atoms with E-state index >= 15 is 0 Å². The molecule has 1 heterocycles. The highest BCUT2D eigenvalue weighted by Gasteiger charge is 2.21. The summed E-state index contributed by atoms with van der Waals surface area (Å²) in [5, 5.41) is 1.11. The maximum Gasteiger partial charge on any atom is 0.303 e. The Labute approximate surface area is 132 Å². The summed E-state index contributed by atoms with van der Waals surface area (Å²) >= 11 is 6.24. The van der Waals surface area contributed by atoms with Crippen LogP contribution in [0.2, 0.25) is 5.15 Å². The van der Waals surface area contributed by atoms with Crippen molar-refractivity contribution >= 4 is 28.5 Å². The molecule has 5 heteroatoms. The number of halogens is 1. The van der Waals surface area contributed by atoms with Crippen molar-refractivity contribution in [3.05, 3.63) is 71.1 Å². The van der Waals surface area contributed by atoms with Gasteiger partial charge in [-0.25, -0.2) is 9.97 Å². The van der Waals surface area contributed by atoms with Crippen molar-refractivity contribution in [3.63, 3.8) is 0 Å². The number of hydrogen-bond donors (Lipinski definition) is 0. The average Bonchev–Trinajstić information content (AvgIpc) is 2.53. The number of aromatic nitrogens is 2. The van der Waals surface area contributed by atoms with Crippen molar-refractivity contribution in [3.8, 4) is 0 Å². The number of carbonyl (C=O) groups is 1. The topological polar surface area (TPSA) is 52.1 Å². The Morgan fingerprint density at radius 2 is 1.73 bits per heavy atom. The third-order valence-electron chi connectivity index (χ3n) is 3.19. The standard InChI is InChI=1S/C17H13ClN2O2/c1-11(21)22-15(12-7-3-2-4-8-12)17-19-14-10-6-5-9-13(14)16(18)20-17/h2-10,15H,1H3/t15-/m0/s1. The van der Waals surface area contributed by atoms with Gasteiger partial charge in [0.05, 0.1) is 5.52 Å². The van der Waals surface area contributed by atoms with Gasteiger partial charge in [-0.2, -0.15) is 0 Å². The summed E-state index contributed by atoms with van der Waals surface area (Å²) in [4.78, 5) is 20.2. The lowest BCUT2D eigenvalue weighted by molar-refractivity contribution is -0.145. The van der Waals surface area contributed by atoms with E-state index in [1.54, 1.807) is 0 Å². The first kappa shape index (κ1) is 14.5. The largest absolute Gasteiger partial charge is 0.449 e. The molecule has 0 spiro atoms. The highest BCUT2D eigenvalue weighted by Crippen LogP contribution is 2.27. The van der Waals surface area contributed by atoms with E-state index in [1.807, 2.05) is 54.6 Å². The second-order valence-electron chi connectivity index (χ2n) is 4.79. The third-order valence-corrected chi connectivity index (χ3v) is 3.48. The lowest BCUT2D eigenvalue weighted by Crippen LogP contribution is -2.13. The van der Waals surface area contributed by atoms with E-state index < -0.39 is 12.1 Å². The molecule has 3 rings (SSSR count). The monoisotopic (exact) mass is 312 g/mol. The SMILES string of the molecule is CC(=O)O[C@@H](c1ccccc1)c1nc(Cl)c2ccccc2n1. The van der Waals surface area contributed by atoms with E-state index in [4.69, 9.17) is 16.3 Å². The Hall–Kier alpha value is -2.46. The molecule has 1 aromatic heterocycles. The summed E-state index contributed by atoms with van der Waals surface area (Å²) in [6.45, 7) is 1.36. The second-order valence-corrected chi connectivity index (χ2v) is 5.15. The molecule has 0 saturated heterocycles. The Kier molecular flexibility index (Phi) is 4.02. The summed E-state index contributed by atoms with van der Waals surface area (Å²) in [6.07, 6.45) is -0.680. The van der Waals surface area contributed by atoms with Crippen LogP contribution in [0.15, 0.2) is 54.6 Å². The maximum absolute atomic E-state index is 11.4. The molecule has 0 aliphatic rings. The minimum atomic E-state index is -0.680. The molecule has 0 saturated carbocycles. The van der Waals surface area contributed by atoms with Gasteiger partial charge < -0.3 is 4.74 Å². The van der Waals surface area contributed by atoms with Crippen molar-refractivity contribution in [2.24, 2.45) is 0 Å². The summed E-state index contributed by atoms with van der Waals surface area (Å²) in [7, 11) is 0. The quantitative estimate of drug-likeness (QED) is 0.543. The van der Waals surface area contributed by atoms with Crippen LogP contribution in [-0.2, 0) is 9.53 Å². The minimum Gasteiger partial charge on any atom is -0.449 e. The summed E-state index contributed by atoms with van der Waals surface area (Å²) < 4.78 is 5.40. The van der Waals surface area contributed by atoms with E-state index in [2.05, 4.69) is 9.97 Å². The van der Waals surface area contributed by atoms with Crippen molar-refractivity contribution in [1.29, 1.82) is 0 Å². The second kappa shape index (κ2) is 6.12. The minimum absolute atomic E-state index is 0.341. The van der Waals surface area contributed by atoms with E-state index in [-0.39, 0.29) is 0 Å². The first-order chi connectivity index (χ1) is 10.6. The fourth-order valence-electron chi connectivity index (χ4n) is 2.24. The summed E-state index contributed by atoms with van der Waals surface area (Å²) in [6, 6.07) is 16.8. The average molecular weight is 313 g/mol. The molecule has 0 radical (unpaired) electrons. The number of hydrogen-bond acceptors (Lipinski definition) is 4. The Balaban J connectivity index is 2.13. The van der Waals surface area contributed by atoms with Crippen molar-refractivity contribution in [1.82, 2.24) is 9.97 Å². The van der Waals surface area contributed by atoms with E-state index in [0.29, 0.717) is 16.5 Å². The van der Waals surface area contributed by atoms with Gasteiger partial charge in [0.1, 0.15) is 5.15 Å². The first-order valence-corrected chi connectivity index (χ1v) is 7.17. The molecule has 0 aliphatic heterocycles. The highest BCUT2D eigenvalue weighted by atomic mass is 35.5. The fourth-order valence-corrected chi connectivity index (χ4v) is 2.48. The van der Waals surface area contributed by atoms with E-state index in [1.165, 1.54) is 6.92 Å². The zero-order chi connectivity index (χ0) is 15.5. The number of para-hydroxylation sites is 1. The van der Waals surface area contributed by atoms with E-state index in [0.717, 1.165) is 10.9 Å².